The first-order valence-corrected chi connectivity index (χ1v) is 12.6. The summed E-state index contributed by atoms with van der Waals surface area (Å²) in [6, 6.07) is 0. The lowest BCUT2D eigenvalue weighted by molar-refractivity contribution is -0.873. The topological polar surface area (TPSA) is 99.2 Å². The summed E-state index contributed by atoms with van der Waals surface area (Å²) in [4.78, 5) is 22.9. The van der Waals surface area contributed by atoms with Crippen molar-refractivity contribution in [2.24, 2.45) is 0 Å². The SMILES string of the molecule is CCCCCC(O)/C=C/C1OC1C/C=C/C/C=C/CCCC(=O)OC(CC(=O)[O-])C[N+](C)(C)C. The Bertz CT molecular complexity index is 679. The molecule has 1 N–H and O–H groups in total. The van der Waals surface area contributed by atoms with E-state index in [0.29, 0.717) is 17.4 Å². The number of quaternary nitrogens is 1. The van der Waals surface area contributed by atoms with E-state index in [1.54, 1.807) is 0 Å². The number of epoxide rings is 1. The highest BCUT2D eigenvalue weighted by atomic mass is 16.6. The second-order valence-corrected chi connectivity index (χ2v) is 10.1. The molecule has 0 saturated carbocycles. The quantitative estimate of drug-likeness (QED) is 0.100. The zero-order valence-corrected chi connectivity index (χ0v) is 21.5. The van der Waals surface area contributed by atoms with Gasteiger partial charge in [0.15, 0.2) is 6.10 Å². The Morgan fingerprint density at radius 2 is 1.85 bits per heavy atom. The molecular weight excluding hydrogens is 434 g/mol. The number of allylic oxidation sites excluding steroid dienone is 3. The second-order valence-electron chi connectivity index (χ2n) is 10.1. The number of aliphatic hydroxyl groups excluding tert-OH is 1. The third-order valence-electron chi connectivity index (χ3n) is 5.42. The standard InChI is InChI=1S/C27H45NO6/c1-5-6-12-15-22(29)18-19-25-24(34-25)16-13-10-8-7-9-11-14-17-27(32)33-23(20-26(30)31)21-28(2,3)4/h7,9-10,13,18-19,22-25,29H,5-6,8,11-12,14-17,20-21H2,1-4H3/b9-7+,13-10+,19-18+. The Hall–Kier alpha value is -1.96. The minimum absolute atomic E-state index is 0.120. The minimum Gasteiger partial charge on any atom is -0.550 e. The largest absolute Gasteiger partial charge is 0.550 e. The van der Waals surface area contributed by atoms with Gasteiger partial charge in [-0.25, -0.2) is 0 Å². The first-order chi connectivity index (χ1) is 16.1. The van der Waals surface area contributed by atoms with Crippen molar-refractivity contribution < 1.29 is 33.8 Å². The van der Waals surface area contributed by atoms with Crippen LogP contribution in [0.3, 0.4) is 0 Å². The number of rotatable bonds is 19. The number of aliphatic hydroxyl groups is 1. The predicted molar refractivity (Wildman–Crippen MR) is 132 cm³/mol. The van der Waals surface area contributed by atoms with Crippen molar-refractivity contribution in [2.75, 3.05) is 27.7 Å². The van der Waals surface area contributed by atoms with Gasteiger partial charge in [0.1, 0.15) is 12.6 Å². The van der Waals surface area contributed by atoms with E-state index in [9.17, 15) is 19.8 Å². The Labute approximate surface area is 205 Å². The number of ether oxygens (including phenoxy) is 2. The van der Waals surface area contributed by atoms with Crippen LogP contribution in [0.5, 0.6) is 0 Å². The van der Waals surface area contributed by atoms with Gasteiger partial charge in [-0.3, -0.25) is 4.79 Å². The molecule has 7 nitrogen and oxygen atoms in total. The van der Waals surface area contributed by atoms with Crippen LogP contribution < -0.4 is 5.11 Å². The van der Waals surface area contributed by atoms with E-state index < -0.39 is 12.1 Å². The van der Waals surface area contributed by atoms with Crippen LogP contribution in [0.2, 0.25) is 0 Å². The van der Waals surface area contributed by atoms with Gasteiger partial charge in [-0.1, -0.05) is 62.6 Å². The molecule has 0 amide bonds. The van der Waals surface area contributed by atoms with Crippen LogP contribution in [0.25, 0.3) is 0 Å². The molecule has 7 heteroatoms. The Morgan fingerprint density at radius 3 is 2.53 bits per heavy atom. The van der Waals surface area contributed by atoms with Crippen molar-refractivity contribution in [2.45, 2.75) is 95.5 Å². The van der Waals surface area contributed by atoms with Gasteiger partial charge in [0.25, 0.3) is 0 Å². The molecule has 1 aliphatic rings. The maximum absolute atomic E-state index is 12.0. The number of carboxylic acids is 1. The zero-order chi connectivity index (χ0) is 25.4. The molecule has 4 unspecified atom stereocenters. The smallest absolute Gasteiger partial charge is 0.306 e. The summed E-state index contributed by atoms with van der Waals surface area (Å²) in [5, 5.41) is 20.8. The summed E-state index contributed by atoms with van der Waals surface area (Å²) in [7, 11) is 5.76. The van der Waals surface area contributed by atoms with Crippen LogP contribution in [0.1, 0.15) is 71.1 Å². The number of esters is 1. The van der Waals surface area contributed by atoms with E-state index in [1.807, 2.05) is 39.4 Å². The molecule has 1 aliphatic heterocycles. The van der Waals surface area contributed by atoms with Gasteiger partial charge in [0.2, 0.25) is 0 Å². The van der Waals surface area contributed by atoms with E-state index in [2.05, 4.69) is 25.2 Å². The maximum atomic E-state index is 12.0. The number of hydrogen-bond acceptors (Lipinski definition) is 6. The Morgan fingerprint density at radius 1 is 1.12 bits per heavy atom. The van der Waals surface area contributed by atoms with E-state index >= 15 is 0 Å². The fourth-order valence-electron chi connectivity index (χ4n) is 3.62. The van der Waals surface area contributed by atoms with E-state index in [-0.39, 0.29) is 37.1 Å². The van der Waals surface area contributed by atoms with Crippen LogP contribution in [-0.2, 0) is 19.1 Å². The molecule has 0 aromatic heterocycles. The van der Waals surface area contributed by atoms with E-state index in [1.165, 1.54) is 0 Å². The summed E-state index contributed by atoms with van der Waals surface area (Å²) in [5.74, 6) is -1.58. The molecule has 34 heavy (non-hydrogen) atoms. The van der Waals surface area contributed by atoms with Gasteiger partial charge in [-0.2, -0.15) is 0 Å². The summed E-state index contributed by atoms with van der Waals surface area (Å²) in [6.07, 6.45) is 18.7. The molecular formula is C27H45NO6. The van der Waals surface area contributed by atoms with Gasteiger partial charge in [-0.05, 0) is 32.1 Å². The van der Waals surface area contributed by atoms with Crippen LogP contribution in [0.4, 0.5) is 0 Å². The van der Waals surface area contributed by atoms with E-state index in [4.69, 9.17) is 9.47 Å². The zero-order valence-electron chi connectivity index (χ0n) is 21.5. The van der Waals surface area contributed by atoms with Crippen molar-refractivity contribution in [3.8, 4) is 0 Å². The average Bonchev–Trinajstić information content (AvgIpc) is 3.47. The van der Waals surface area contributed by atoms with Crippen LogP contribution >= 0.6 is 0 Å². The lowest BCUT2D eigenvalue weighted by atomic mass is 10.1. The number of hydrogen-bond donors (Lipinski definition) is 1. The number of unbranched alkanes of at least 4 members (excludes halogenated alkanes) is 3. The van der Waals surface area contributed by atoms with Gasteiger partial charge in [0, 0.05) is 18.8 Å². The third-order valence-corrected chi connectivity index (χ3v) is 5.42. The highest BCUT2D eigenvalue weighted by Crippen LogP contribution is 2.27. The number of carbonyl (C=O) groups is 2. The molecule has 0 aromatic rings. The first-order valence-electron chi connectivity index (χ1n) is 12.6. The van der Waals surface area contributed by atoms with Crippen molar-refractivity contribution in [1.82, 2.24) is 0 Å². The summed E-state index contributed by atoms with van der Waals surface area (Å²) in [5.41, 5.74) is 0. The molecule has 0 aromatic carbocycles. The number of nitrogens with zero attached hydrogens (tertiary/aromatic N) is 1. The summed E-state index contributed by atoms with van der Waals surface area (Å²) in [6.45, 7) is 2.58. The molecule has 194 valence electrons. The van der Waals surface area contributed by atoms with Gasteiger partial charge < -0.3 is 29.0 Å². The number of carbonyl (C=O) groups excluding carboxylic acids is 2. The highest BCUT2D eigenvalue weighted by Gasteiger charge is 2.35. The lowest BCUT2D eigenvalue weighted by Crippen LogP contribution is -2.45. The third kappa shape index (κ3) is 16.6. The maximum Gasteiger partial charge on any atom is 0.306 e. The fraction of sp³-hybridized carbons (Fsp3) is 0.704. The molecule has 0 radical (unpaired) electrons. The molecule has 4 atom stereocenters. The molecule has 1 fully saturated rings. The monoisotopic (exact) mass is 479 g/mol. The minimum atomic E-state index is -1.21. The number of likely N-dealkylation sites (N-methyl/N-ethyl adjacent to an activating group) is 1. The second kappa shape index (κ2) is 16.6. The molecule has 0 spiro atoms. The molecule has 1 rings (SSSR count). The molecule has 0 bridgehead atoms. The van der Waals surface area contributed by atoms with E-state index in [0.717, 1.165) is 44.9 Å². The number of aliphatic carboxylic acids is 1. The summed E-state index contributed by atoms with van der Waals surface area (Å²) >= 11 is 0. The van der Waals surface area contributed by atoms with Gasteiger partial charge >= 0.3 is 5.97 Å². The fourth-order valence-corrected chi connectivity index (χ4v) is 3.62. The lowest BCUT2D eigenvalue weighted by Gasteiger charge is -2.29. The van der Waals surface area contributed by atoms with Gasteiger partial charge in [0.05, 0.1) is 33.4 Å². The van der Waals surface area contributed by atoms with Crippen molar-refractivity contribution in [1.29, 1.82) is 0 Å². The molecule has 0 aliphatic carbocycles. The summed E-state index contributed by atoms with van der Waals surface area (Å²) < 4.78 is 11.5. The average molecular weight is 480 g/mol. The van der Waals surface area contributed by atoms with Crippen molar-refractivity contribution >= 4 is 11.9 Å². The Kier molecular flexibility index (Phi) is 14.7. The van der Waals surface area contributed by atoms with Crippen molar-refractivity contribution in [3.05, 3.63) is 36.5 Å². The molecule has 1 heterocycles. The highest BCUT2D eigenvalue weighted by molar-refractivity contribution is 5.70. The first kappa shape index (κ1) is 30.1. The van der Waals surface area contributed by atoms with Crippen molar-refractivity contribution in [3.63, 3.8) is 0 Å². The Balaban J connectivity index is 2.12. The predicted octanol–water partition coefficient (Wildman–Crippen LogP) is 3.07. The van der Waals surface area contributed by atoms with Crippen LogP contribution in [0.15, 0.2) is 36.5 Å². The van der Waals surface area contributed by atoms with Crippen LogP contribution in [-0.4, -0.2) is 73.6 Å². The van der Waals surface area contributed by atoms with Crippen LogP contribution in [0, 0.1) is 0 Å². The molecule has 1 saturated heterocycles. The normalized spacial score (nSPS) is 20.3. The van der Waals surface area contributed by atoms with Gasteiger partial charge in [-0.15, -0.1) is 0 Å². The number of carboxylic acid groups (broad SMARTS) is 1.